The van der Waals surface area contributed by atoms with E-state index in [4.69, 9.17) is 4.99 Å². The van der Waals surface area contributed by atoms with Crippen molar-refractivity contribution in [3.05, 3.63) is 71.4 Å². The number of H-pyrrole nitrogens is 1. The van der Waals surface area contributed by atoms with Crippen LogP contribution in [-0.2, 0) is 10.0 Å². The number of anilines is 3. The minimum absolute atomic E-state index is 0.0458. The molecule has 1 atom stereocenters. The number of rotatable bonds is 7. The van der Waals surface area contributed by atoms with Gasteiger partial charge in [0.2, 0.25) is 10.0 Å². The minimum Gasteiger partial charge on any atom is -0.349 e. The number of aromatic amines is 1. The molecule has 3 heterocycles. The Morgan fingerprint density at radius 3 is 2.54 bits per heavy atom. The topological polar surface area (TPSA) is 131 Å². The van der Waals surface area contributed by atoms with E-state index >= 15 is 0 Å². The first-order valence-electron chi connectivity index (χ1n) is 13.0. The molecule has 0 spiro atoms. The van der Waals surface area contributed by atoms with Gasteiger partial charge in [-0.15, -0.1) is 0 Å². The lowest BCUT2D eigenvalue weighted by Crippen LogP contribution is -2.42. The fourth-order valence-corrected chi connectivity index (χ4v) is 5.22. The van der Waals surface area contributed by atoms with Gasteiger partial charge in [0.05, 0.1) is 17.6 Å². The molecule has 204 valence electrons. The quantitative estimate of drug-likeness (QED) is 0.356. The van der Waals surface area contributed by atoms with Crippen LogP contribution in [0.15, 0.2) is 64.6 Å². The van der Waals surface area contributed by atoms with Gasteiger partial charge in [-0.05, 0) is 68.4 Å². The number of nitrogens with one attached hydrogen (secondary N) is 4. The lowest BCUT2D eigenvalue weighted by molar-refractivity contribution is 0.0929. The Morgan fingerprint density at radius 2 is 1.82 bits per heavy atom. The smallest absolute Gasteiger partial charge is 0.251 e. The van der Waals surface area contributed by atoms with Gasteiger partial charge in [0.25, 0.3) is 5.91 Å². The van der Waals surface area contributed by atoms with Crippen molar-refractivity contribution in [1.29, 1.82) is 0 Å². The average Bonchev–Trinajstić information content (AvgIpc) is 3.35. The molecular formula is C28H33N7O3S. The van der Waals surface area contributed by atoms with E-state index in [1.807, 2.05) is 49.5 Å². The highest BCUT2D eigenvalue weighted by Gasteiger charge is 2.23. The molecular weight excluding hydrogens is 514 g/mol. The largest absolute Gasteiger partial charge is 0.349 e. The van der Waals surface area contributed by atoms with Gasteiger partial charge in [0.15, 0.2) is 5.84 Å². The van der Waals surface area contributed by atoms with Crippen LogP contribution in [0.5, 0.6) is 0 Å². The highest BCUT2D eigenvalue weighted by Crippen LogP contribution is 2.33. The standard InChI is InChI=1S/C28H33N7O3S/c1-18-17-30-27(33-23-6-4-5-7-24(23)35(2)39(3,37)38)22-16-25(34-26(18)22)31-20-10-8-19(9-11-20)28(36)32-21-12-14-29-15-13-21/h4-11,16-18,21,29,31,34H,12-15H2,1-3H3,(H,32,36). The first-order valence-corrected chi connectivity index (χ1v) is 14.8. The molecule has 11 heteroatoms. The SMILES string of the molecule is CC1C=NC(=Nc2ccccc2N(C)S(C)(=O)=O)c2cc(Nc3ccc(C(=O)NC4CCNCC4)cc3)[nH]c21. The minimum atomic E-state index is -3.45. The average molecular weight is 548 g/mol. The van der Waals surface area contributed by atoms with E-state index in [0.29, 0.717) is 22.8 Å². The fourth-order valence-electron chi connectivity index (χ4n) is 4.71. The van der Waals surface area contributed by atoms with Gasteiger partial charge < -0.3 is 20.9 Å². The summed E-state index contributed by atoms with van der Waals surface area (Å²) in [5.74, 6) is 1.24. The molecule has 1 aromatic heterocycles. The van der Waals surface area contributed by atoms with Crippen molar-refractivity contribution in [3.63, 3.8) is 0 Å². The van der Waals surface area contributed by atoms with Gasteiger partial charge >= 0.3 is 0 Å². The number of amidine groups is 1. The van der Waals surface area contributed by atoms with Crippen LogP contribution in [-0.4, -0.2) is 63.8 Å². The number of piperidine rings is 1. The monoisotopic (exact) mass is 547 g/mol. The zero-order chi connectivity index (χ0) is 27.6. The van der Waals surface area contributed by atoms with Gasteiger partial charge in [-0.3, -0.25) is 9.10 Å². The van der Waals surface area contributed by atoms with Crippen LogP contribution in [0.1, 0.15) is 47.3 Å². The molecule has 1 fully saturated rings. The predicted octanol–water partition coefficient (Wildman–Crippen LogP) is 3.90. The molecule has 1 saturated heterocycles. The molecule has 1 unspecified atom stereocenters. The maximum atomic E-state index is 12.6. The van der Waals surface area contributed by atoms with Gasteiger partial charge in [-0.2, -0.15) is 0 Å². The summed E-state index contributed by atoms with van der Waals surface area (Å²) in [6, 6.07) is 16.6. The van der Waals surface area contributed by atoms with E-state index in [2.05, 4.69) is 25.9 Å². The van der Waals surface area contributed by atoms with Crippen LogP contribution in [0, 0.1) is 0 Å². The summed E-state index contributed by atoms with van der Waals surface area (Å²) in [5.41, 5.74) is 4.23. The molecule has 0 bridgehead atoms. The van der Waals surface area contributed by atoms with Crippen molar-refractivity contribution < 1.29 is 13.2 Å². The van der Waals surface area contributed by atoms with Crippen LogP contribution in [0.3, 0.4) is 0 Å². The van der Waals surface area contributed by atoms with Crippen molar-refractivity contribution in [3.8, 4) is 0 Å². The number of aromatic nitrogens is 1. The first-order chi connectivity index (χ1) is 18.7. The second-order valence-electron chi connectivity index (χ2n) is 9.93. The summed E-state index contributed by atoms with van der Waals surface area (Å²) in [7, 11) is -1.95. The maximum absolute atomic E-state index is 12.6. The number of fused-ring (bicyclic) bond motifs is 1. The van der Waals surface area contributed by atoms with E-state index in [1.54, 1.807) is 18.2 Å². The number of para-hydroxylation sites is 2. The number of carbonyl (C=O) groups is 1. The first kappa shape index (κ1) is 26.6. The lowest BCUT2D eigenvalue weighted by Gasteiger charge is -2.23. The third-order valence-corrected chi connectivity index (χ3v) is 8.20. The van der Waals surface area contributed by atoms with Crippen molar-refractivity contribution in [1.82, 2.24) is 15.6 Å². The molecule has 3 aromatic rings. The predicted molar refractivity (Wildman–Crippen MR) is 157 cm³/mol. The number of hydrogen-bond acceptors (Lipinski definition) is 6. The number of aliphatic imine (C=N–C) groups is 2. The summed E-state index contributed by atoms with van der Waals surface area (Å²) in [6.45, 7) is 3.89. The zero-order valence-electron chi connectivity index (χ0n) is 22.2. The molecule has 0 aliphatic carbocycles. The summed E-state index contributed by atoms with van der Waals surface area (Å²) in [4.78, 5) is 25.4. The third kappa shape index (κ3) is 6.04. The number of amides is 1. The molecule has 2 aliphatic heterocycles. The molecule has 10 nitrogen and oxygen atoms in total. The van der Waals surface area contributed by atoms with Gasteiger partial charge in [0.1, 0.15) is 5.82 Å². The van der Waals surface area contributed by atoms with E-state index in [9.17, 15) is 13.2 Å². The van der Waals surface area contributed by atoms with Gasteiger partial charge in [-0.25, -0.2) is 18.4 Å². The van der Waals surface area contributed by atoms with E-state index in [1.165, 1.54) is 11.4 Å². The van der Waals surface area contributed by atoms with Crippen molar-refractivity contribution in [2.24, 2.45) is 9.98 Å². The molecule has 5 rings (SSSR count). The van der Waals surface area contributed by atoms with Crippen LogP contribution in [0.2, 0.25) is 0 Å². The highest BCUT2D eigenvalue weighted by molar-refractivity contribution is 7.92. The molecule has 0 radical (unpaired) electrons. The molecule has 4 N–H and O–H groups in total. The van der Waals surface area contributed by atoms with Crippen molar-refractivity contribution >= 4 is 50.9 Å². The van der Waals surface area contributed by atoms with E-state index < -0.39 is 10.0 Å². The second kappa shape index (κ2) is 11.0. The molecule has 2 aliphatic rings. The number of sulfonamides is 1. The molecule has 2 aromatic carbocycles. The van der Waals surface area contributed by atoms with Crippen LogP contribution >= 0.6 is 0 Å². The number of nitrogens with zero attached hydrogens (tertiary/aromatic N) is 3. The summed E-state index contributed by atoms with van der Waals surface area (Å²) in [5, 5.41) is 9.79. The summed E-state index contributed by atoms with van der Waals surface area (Å²) >= 11 is 0. The lowest BCUT2D eigenvalue weighted by atomic mass is 10.0. The fraction of sp³-hybridized carbons (Fsp3) is 0.321. The Labute approximate surface area is 228 Å². The number of hydrogen-bond donors (Lipinski definition) is 4. The molecule has 0 saturated carbocycles. The van der Waals surface area contributed by atoms with Crippen molar-refractivity contribution in [2.45, 2.75) is 31.7 Å². The van der Waals surface area contributed by atoms with Crippen LogP contribution < -0.4 is 20.3 Å². The molecule has 1 amide bonds. The third-order valence-electron chi connectivity index (χ3n) is 7.01. The van der Waals surface area contributed by atoms with Crippen molar-refractivity contribution in [2.75, 3.05) is 36.0 Å². The Kier molecular flexibility index (Phi) is 7.53. The van der Waals surface area contributed by atoms with Crippen LogP contribution in [0.25, 0.3) is 0 Å². The van der Waals surface area contributed by atoms with Gasteiger partial charge in [-0.1, -0.05) is 19.1 Å². The summed E-state index contributed by atoms with van der Waals surface area (Å²) in [6.07, 6.45) is 4.86. The highest BCUT2D eigenvalue weighted by atomic mass is 32.2. The maximum Gasteiger partial charge on any atom is 0.251 e. The number of carbonyl (C=O) groups excluding carboxylic acids is 1. The summed E-state index contributed by atoms with van der Waals surface area (Å²) < 4.78 is 25.5. The Balaban J connectivity index is 1.35. The molecule has 39 heavy (non-hydrogen) atoms. The second-order valence-corrected chi connectivity index (χ2v) is 11.9. The van der Waals surface area contributed by atoms with Crippen LogP contribution in [0.4, 0.5) is 22.9 Å². The Bertz CT molecular complexity index is 1520. The normalized spacial score (nSPS) is 18.5. The number of benzene rings is 2. The van der Waals surface area contributed by atoms with Gasteiger partial charge in [0, 0.05) is 47.7 Å². The van der Waals surface area contributed by atoms with E-state index in [0.717, 1.165) is 54.9 Å². The van der Waals surface area contributed by atoms with E-state index in [-0.39, 0.29) is 17.9 Å². The Hall–Kier alpha value is -3.96. The zero-order valence-corrected chi connectivity index (χ0v) is 23.0. The Morgan fingerprint density at radius 1 is 1.10 bits per heavy atom.